The van der Waals surface area contributed by atoms with Crippen LogP contribution >= 0.6 is 22.7 Å². The molecule has 4 aromatic rings. The molecule has 6 rings (SSSR count). The SMILES string of the molecule is CC(C)[C@@H]1NC(=O)[C@H]([C@@H](C)O)NC(=O)[C@@H]2CCCN2C(=O)[C@H](Cc2ccccc2)NC(=O)c2csc(n2)[C@@H](Cc2ccccc2)NC(=O)c2csc1n2. The van der Waals surface area contributed by atoms with Gasteiger partial charge in [0.2, 0.25) is 17.7 Å². The van der Waals surface area contributed by atoms with Crippen molar-refractivity contribution in [1.82, 2.24) is 36.1 Å². The molecule has 2 aromatic carbocycles. The van der Waals surface area contributed by atoms with E-state index in [0.29, 0.717) is 29.3 Å². The highest BCUT2D eigenvalue weighted by molar-refractivity contribution is 7.10. The number of hydrogen-bond donors (Lipinski definition) is 5. The van der Waals surface area contributed by atoms with Gasteiger partial charge >= 0.3 is 0 Å². The largest absolute Gasteiger partial charge is 0.391 e. The van der Waals surface area contributed by atoms with Crippen LogP contribution in [0.25, 0.3) is 0 Å². The van der Waals surface area contributed by atoms with Crippen LogP contribution in [-0.2, 0) is 27.2 Å². The number of carbonyl (C=O) groups excluding carboxylic acids is 5. The third-order valence-corrected chi connectivity index (χ3v) is 11.3. The van der Waals surface area contributed by atoms with Gasteiger partial charge in [-0.1, -0.05) is 74.5 Å². The van der Waals surface area contributed by atoms with Gasteiger partial charge in [0.05, 0.1) is 18.2 Å². The Kier molecular flexibility index (Phi) is 12.0. The Morgan fingerprint density at radius 3 is 1.83 bits per heavy atom. The van der Waals surface area contributed by atoms with E-state index in [1.54, 1.807) is 10.8 Å². The van der Waals surface area contributed by atoms with Gasteiger partial charge in [-0.3, -0.25) is 24.0 Å². The highest BCUT2D eigenvalue weighted by Crippen LogP contribution is 2.28. The summed E-state index contributed by atoms with van der Waals surface area (Å²) in [4.78, 5) is 80.0. The van der Waals surface area contributed by atoms with Crippen molar-refractivity contribution < 1.29 is 29.1 Å². The van der Waals surface area contributed by atoms with E-state index in [9.17, 15) is 29.1 Å². The summed E-state index contributed by atoms with van der Waals surface area (Å²) in [6, 6.07) is 14.3. The summed E-state index contributed by atoms with van der Waals surface area (Å²) in [5.41, 5.74) is 1.98. The lowest BCUT2D eigenvalue weighted by Crippen LogP contribution is -2.59. The van der Waals surface area contributed by atoms with Crippen molar-refractivity contribution in [3.05, 3.63) is 104 Å². The lowest BCUT2D eigenvalue weighted by Gasteiger charge is -2.31. The molecular weight excluding hydrogens is 715 g/mol. The molecule has 0 aliphatic carbocycles. The van der Waals surface area contributed by atoms with Gasteiger partial charge in [0.1, 0.15) is 39.5 Å². The van der Waals surface area contributed by atoms with Gasteiger partial charge in [0.15, 0.2) is 0 Å². The number of aromatic nitrogens is 2. The normalized spacial score (nSPS) is 23.7. The number of amides is 5. The molecule has 13 nitrogen and oxygen atoms in total. The van der Waals surface area contributed by atoms with Crippen molar-refractivity contribution in [2.75, 3.05) is 6.54 Å². The molecule has 278 valence electrons. The number of fused-ring (bicyclic) bond motifs is 5. The molecule has 2 aromatic heterocycles. The van der Waals surface area contributed by atoms with Crippen molar-refractivity contribution in [1.29, 1.82) is 0 Å². The van der Waals surface area contributed by atoms with E-state index in [1.807, 2.05) is 74.5 Å². The van der Waals surface area contributed by atoms with Gasteiger partial charge in [-0.2, -0.15) is 0 Å². The summed E-state index contributed by atoms with van der Waals surface area (Å²) in [5, 5.41) is 26.4. The molecule has 4 heterocycles. The van der Waals surface area contributed by atoms with Gasteiger partial charge in [-0.15, -0.1) is 22.7 Å². The first-order valence-corrected chi connectivity index (χ1v) is 19.4. The van der Waals surface area contributed by atoms with Crippen molar-refractivity contribution in [2.45, 2.75) is 82.8 Å². The Bertz CT molecular complexity index is 1930. The molecule has 15 heteroatoms. The molecule has 2 aliphatic rings. The van der Waals surface area contributed by atoms with Crippen LogP contribution in [0.1, 0.15) is 87.8 Å². The molecule has 2 aliphatic heterocycles. The Labute approximate surface area is 315 Å². The maximum Gasteiger partial charge on any atom is 0.271 e. The average molecular weight is 758 g/mol. The van der Waals surface area contributed by atoms with Gasteiger partial charge in [0.25, 0.3) is 11.8 Å². The van der Waals surface area contributed by atoms with Crippen LogP contribution in [0.2, 0.25) is 0 Å². The first-order chi connectivity index (χ1) is 25.5. The van der Waals surface area contributed by atoms with E-state index >= 15 is 0 Å². The van der Waals surface area contributed by atoms with Gasteiger partial charge < -0.3 is 31.3 Å². The van der Waals surface area contributed by atoms with Crippen LogP contribution in [0, 0.1) is 5.92 Å². The number of rotatable bonds is 6. The minimum absolute atomic E-state index is 0.0878. The third kappa shape index (κ3) is 8.98. The fourth-order valence-electron chi connectivity index (χ4n) is 6.57. The van der Waals surface area contributed by atoms with Gasteiger partial charge in [-0.05, 0) is 43.2 Å². The minimum atomic E-state index is -1.34. The third-order valence-electron chi connectivity index (χ3n) is 9.41. The minimum Gasteiger partial charge on any atom is -0.391 e. The van der Waals surface area contributed by atoms with E-state index in [1.165, 1.54) is 34.5 Å². The van der Waals surface area contributed by atoms with Crippen LogP contribution < -0.4 is 21.3 Å². The molecule has 1 fully saturated rings. The van der Waals surface area contributed by atoms with E-state index < -0.39 is 65.8 Å². The number of nitrogens with one attached hydrogen (secondary N) is 4. The Morgan fingerprint density at radius 1 is 0.717 bits per heavy atom. The topological polar surface area (TPSA) is 183 Å². The number of nitrogens with zero attached hydrogens (tertiary/aromatic N) is 3. The van der Waals surface area contributed by atoms with Crippen molar-refractivity contribution in [3.8, 4) is 0 Å². The highest BCUT2D eigenvalue weighted by atomic mass is 32.1. The summed E-state index contributed by atoms with van der Waals surface area (Å²) in [7, 11) is 0. The lowest BCUT2D eigenvalue weighted by molar-refractivity contribution is -0.141. The zero-order valence-corrected chi connectivity index (χ0v) is 31.3. The Morgan fingerprint density at radius 2 is 1.25 bits per heavy atom. The number of hydrogen-bond acceptors (Lipinski definition) is 10. The lowest BCUT2D eigenvalue weighted by atomic mass is 10.0. The second-order valence-corrected chi connectivity index (χ2v) is 15.5. The van der Waals surface area contributed by atoms with E-state index in [-0.39, 0.29) is 30.3 Å². The smallest absolute Gasteiger partial charge is 0.271 e. The van der Waals surface area contributed by atoms with Gasteiger partial charge in [-0.25, -0.2) is 9.97 Å². The quantitative estimate of drug-likeness (QED) is 0.199. The first kappa shape index (κ1) is 37.8. The fourth-order valence-corrected chi connectivity index (χ4v) is 8.44. The molecule has 1 saturated heterocycles. The molecule has 5 N–H and O–H groups in total. The second kappa shape index (κ2) is 16.8. The van der Waals surface area contributed by atoms with Crippen molar-refractivity contribution in [2.24, 2.45) is 5.92 Å². The Hall–Kier alpha value is -4.99. The summed E-state index contributed by atoms with van der Waals surface area (Å²) < 4.78 is 0. The highest BCUT2D eigenvalue weighted by Gasteiger charge is 2.40. The monoisotopic (exact) mass is 757 g/mol. The molecule has 53 heavy (non-hydrogen) atoms. The number of thiazole rings is 2. The average Bonchev–Trinajstić information content (AvgIpc) is 3.94. The summed E-state index contributed by atoms with van der Waals surface area (Å²) in [6.07, 6.45) is 0.146. The standard InChI is InChI=1S/C38H43N7O6S2/c1-21(2)30-37-42-28(20-53-37)32(47)39-25(17-23-11-6-4-7-12-23)36-41-27(19-52-36)33(48)40-26(18-24-13-8-5-9-14-24)38(51)45-16-10-15-29(45)34(49)44-31(22(3)46)35(50)43-30/h4-9,11-14,19-22,25-26,29-31,46H,10,15-18H2,1-3H3,(H,39,47)(H,40,48)(H,43,50)(H,44,49)/t22-,25-,26+,29+,30+,31+/m1/s1. The number of aliphatic hydroxyl groups excluding tert-OH is 1. The van der Waals surface area contributed by atoms with E-state index in [2.05, 4.69) is 31.2 Å². The maximum atomic E-state index is 14.3. The first-order valence-electron chi connectivity index (χ1n) is 17.7. The second-order valence-electron chi connectivity index (χ2n) is 13.7. The molecule has 6 atom stereocenters. The number of carbonyl (C=O) groups is 5. The van der Waals surface area contributed by atoms with Crippen LogP contribution in [0.3, 0.4) is 0 Å². The predicted octanol–water partition coefficient (Wildman–Crippen LogP) is 3.34. The fraction of sp³-hybridized carbons (Fsp3) is 0.395. The van der Waals surface area contributed by atoms with Crippen LogP contribution in [-0.4, -0.2) is 80.3 Å². The van der Waals surface area contributed by atoms with Crippen LogP contribution in [0.4, 0.5) is 0 Å². The van der Waals surface area contributed by atoms with Crippen molar-refractivity contribution >= 4 is 52.2 Å². The molecule has 5 amide bonds. The molecule has 0 saturated carbocycles. The van der Waals surface area contributed by atoms with E-state index in [0.717, 1.165) is 11.1 Å². The molecule has 0 spiro atoms. The molecule has 4 bridgehead atoms. The zero-order chi connectivity index (χ0) is 37.6. The van der Waals surface area contributed by atoms with Crippen LogP contribution in [0.5, 0.6) is 0 Å². The van der Waals surface area contributed by atoms with E-state index in [4.69, 9.17) is 0 Å². The number of benzene rings is 2. The molecular formula is C38H43N7O6S2. The number of aliphatic hydroxyl groups is 1. The van der Waals surface area contributed by atoms with Crippen LogP contribution in [0.15, 0.2) is 71.4 Å². The summed E-state index contributed by atoms with van der Waals surface area (Å²) in [6.45, 7) is 5.46. The van der Waals surface area contributed by atoms with Gasteiger partial charge in [0, 0.05) is 23.7 Å². The summed E-state index contributed by atoms with van der Waals surface area (Å²) in [5.74, 6) is -2.87. The zero-order valence-electron chi connectivity index (χ0n) is 29.7. The Balaban J connectivity index is 1.39. The summed E-state index contributed by atoms with van der Waals surface area (Å²) >= 11 is 2.43. The van der Waals surface area contributed by atoms with Crippen molar-refractivity contribution in [3.63, 3.8) is 0 Å². The predicted molar refractivity (Wildman–Crippen MR) is 200 cm³/mol. The maximum absolute atomic E-state index is 14.3. The molecule has 0 unspecified atom stereocenters. The molecule has 0 radical (unpaired) electrons.